The lowest BCUT2D eigenvalue weighted by Crippen LogP contribution is -2.54. The minimum Gasteiger partial charge on any atom is -0.350 e. The molecule has 3 fully saturated rings. The minimum atomic E-state index is -0.505. The van der Waals surface area contributed by atoms with Crippen LogP contribution in [0.5, 0.6) is 0 Å². The number of carbonyl (C=O) groups is 2. The maximum atomic E-state index is 13.8. The molecule has 1 aromatic heterocycles. The molecule has 0 N–H and O–H groups in total. The molecule has 3 saturated heterocycles. The number of halogens is 1. The number of carbonyl (C=O) groups excluding carboxylic acids is 2. The van der Waals surface area contributed by atoms with Crippen molar-refractivity contribution in [3.63, 3.8) is 0 Å². The van der Waals surface area contributed by atoms with Crippen molar-refractivity contribution in [2.45, 2.75) is 50.7 Å². The summed E-state index contributed by atoms with van der Waals surface area (Å²) >= 11 is 0. The number of para-hydroxylation sites is 1. The first-order valence-corrected chi connectivity index (χ1v) is 11.9. The number of benzene rings is 2. The Morgan fingerprint density at radius 1 is 1.15 bits per heavy atom. The summed E-state index contributed by atoms with van der Waals surface area (Å²) in [7, 11) is 1.97. The van der Waals surface area contributed by atoms with Crippen LogP contribution in [0.25, 0.3) is 10.9 Å². The molecule has 2 aromatic carbocycles. The number of likely N-dealkylation sites (tertiary alicyclic amines) is 1. The van der Waals surface area contributed by atoms with Gasteiger partial charge < -0.3 is 14.4 Å². The quantitative estimate of drug-likeness (QED) is 0.596. The summed E-state index contributed by atoms with van der Waals surface area (Å²) in [6.45, 7) is 1.11. The summed E-state index contributed by atoms with van der Waals surface area (Å²) in [5.41, 5.74) is 2.07. The molecule has 0 aliphatic carbocycles. The van der Waals surface area contributed by atoms with E-state index in [1.165, 1.54) is 12.1 Å². The summed E-state index contributed by atoms with van der Waals surface area (Å²) in [5.74, 6) is -0.0920. The molecule has 4 heterocycles. The molecule has 5 nitrogen and oxygen atoms in total. The molecule has 3 atom stereocenters. The highest BCUT2D eigenvalue weighted by Crippen LogP contribution is 2.55. The van der Waals surface area contributed by atoms with Crippen molar-refractivity contribution in [3.8, 4) is 0 Å². The van der Waals surface area contributed by atoms with Gasteiger partial charge in [0.25, 0.3) is 5.91 Å². The molecular formula is C27H28FN3O2. The maximum Gasteiger partial charge on any atom is 0.256 e. The second-order valence-corrected chi connectivity index (χ2v) is 9.95. The van der Waals surface area contributed by atoms with Gasteiger partial charge in [0, 0.05) is 49.3 Å². The number of aromatic nitrogens is 1. The molecule has 0 unspecified atom stereocenters. The van der Waals surface area contributed by atoms with Crippen LogP contribution in [0.4, 0.5) is 4.39 Å². The van der Waals surface area contributed by atoms with E-state index in [2.05, 4.69) is 0 Å². The van der Waals surface area contributed by atoms with Gasteiger partial charge in [-0.25, -0.2) is 4.39 Å². The molecule has 0 radical (unpaired) electrons. The fraction of sp³-hybridized carbons (Fsp3) is 0.407. The average Bonchev–Trinajstić information content (AvgIpc) is 3.47. The van der Waals surface area contributed by atoms with Gasteiger partial charge in [0.2, 0.25) is 5.91 Å². The van der Waals surface area contributed by atoms with Crippen LogP contribution in [0.15, 0.2) is 54.7 Å². The van der Waals surface area contributed by atoms with Gasteiger partial charge in [-0.1, -0.05) is 30.3 Å². The number of nitrogens with zero attached hydrogens (tertiary/aromatic N) is 3. The number of rotatable bonds is 3. The molecule has 3 aliphatic heterocycles. The standard InChI is InChI=1S/C27H28FN3O2/c1-29-17-22(21-8-2-3-9-23(21)29)25(32)31-20-10-11-24(31)27(15-20)12-5-13-30(26(27)33)16-18-6-4-7-19(28)14-18/h2-4,6-9,14,17,20,24H,5,10-13,15-16H2,1H3/t20-,24-,27-/m0/s1. The van der Waals surface area contributed by atoms with E-state index in [4.69, 9.17) is 0 Å². The average molecular weight is 446 g/mol. The van der Waals surface area contributed by atoms with Crippen molar-refractivity contribution in [1.82, 2.24) is 14.4 Å². The third kappa shape index (κ3) is 3.03. The fourth-order valence-electron chi connectivity index (χ4n) is 6.75. The van der Waals surface area contributed by atoms with Crippen LogP contribution in [0, 0.1) is 11.2 Å². The molecule has 2 bridgehead atoms. The van der Waals surface area contributed by atoms with Crippen LogP contribution >= 0.6 is 0 Å². The van der Waals surface area contributed by atoms with Crippen LogP contribution in [-0.2, 0) is 18.4 Å². The fourth-order valence-corrected chi connectivity index (χ4v) is 6.75. The van der Waals surface area contributed by atoms with Crippen LogP contribution in [0.1, 0.15) is 48.0 Å². The second-order valence-electron chi connectivity index (χ2n) is 9.95. The van der Waals surface area contributed by atoms with Crippen LogP contribution < -0.4 is 0 Å². The first kappa shape index (κ1) is 20.5. The van der Waals surface area contributed by atoms with Crippen molar-refractivity contribution >= 4 is 22.7 Å². The van der Waals surface area contributed by atoms with Gasteiger partial charge in [-0.3, -0.25) is 9.59 Å². The highest BCUT2D eigenvalue weighted by atomic mass is 19.1. The molecule has 6 heteroatoms. The first-order valence-electron chi connectivity index (χ1n) is 11.9. The Hall–Kier alpha value is -3.15. The van der Waals surface area contributed by atoms with E-state index < -0.39 is 5.41 Å². The summed E-state index contributed by atoms with van der Waals surface area (Å²) in [4.78, 5) is 31.6. The predicted molar refractivity (Wildman–Crippen MR) is 124 cm³/mol. The molecule has 6 rings (SSSR count). The molecule has 3 aromatic rings. The Labute approximate surface area is 192 Å². The third-order valence-corrected chi connectivity index (χ3v) is 8.13. The largest absolute Gasteiger partial charge is 0.350 e. The number of piperidine rings is 1. The Balaban J connectivity index is 1.30. The number of aryl methyl sites for hydroxylation is 1. The molecule has 170 valence electrons. The first-order chi connectivity index (χ1) is 16.0. The lowest BCUT2D eigenvalue weighted by Gasteiger charge is -2.44. The molecule has 33 heavy (non-hydrogen) atoms. The number of fused-ring (bicyclic) bond motifs is 4. The van der Waals surface area contributed by atoms with Crippen molar-refractivity contribution in [2.75, 3.05) is 6.54 Å². The van der Waals surface area contributed by atoms with E-state index in [9.17, 15) is 14.0 Å². The van der Waals surface area contributed by atoms with Gasteiger partial charge in [0.15, 0.2) is 0 Å². The number of hydrogen-bond donors (Lipinski definition) is 0. The van der Waals surface area contributed by atoms with Gasteiger partial charge in [-0.2, -0.15) is 0 Å². The highest BCUT2D eigenvalue weighted by Gasteiger charge is 2.62. The Kier molecular flexibility index (Phi) is 4.61. The summed E-state index contributed by atoms with van der Waals surface area (Å²) in [6, 6.07) is 14.5. The summed E-state index contributed by atoms with van der Waals surface area (Å²) in [6.07, 6.45) is 6.25. The Morgan fingerprint density at radius 2 is 2.00 bits per heavy atom. The lowest BCUT2D eigenvalue weighted by molar-refractivity contribution is -0.149. The van der Waals surface area contributed by atoms with Crippen molar-refractivity contribution in [2.24, 2.45) is 12.5 Å². The molecule has 2 amide bonds. The Morgan fingerprint density at radius 3 is 2.85 bits per heavy atom. The zero-order valence-electron chi connectivity index (χ0n) is 18.8. The normalized spacial score (nSPS) is 26.7. The third-order valence-electron chi connectivity index (χ3n) is 8.13. The Bertz CT molecular complexity index is 1270. The number of hydrogen-bond acceptors (Lipinski definition) is 2. The highest BCUT2D eigenvalue weighted by molar-refractivity contribution is 6.07. The zero-order valence-corrected chi connectivity index (χ0v) is 18.8. The zero-order chi connectivity index (χ0) is 22.7. The van der Waals surface area contributed by atoms with Crippen molar-refractivity contribution < 1.29 is 14.0 Å². The van der Waals surface area contributed by atoms with E-state index in [1.54, 1.807) is 6.07 Å². The van der Waals surface area contributed by atoms with Crippen LogP contribution in [-0.4, -0.2) is 44.8 Å². The SMILES string of the molecule is Cn1cc(C(=O)N2[C@H]3CC[C@H]2[C@]2(CCCN(Cc4cccc(F)c4)C2=O)C3)c2ccccc21. The maximum absolute atomic E-state index is 13.8. The van der Waals surface area contributed by atoms with E-state index in [0.717, 1.165) is 54.1 Å². The van der Waals surface area contributed by atoms with Gasteiger partial charge in [-0.05, 0) is 55.9 Å². The molecule has 3 aliphatic rings. The summed E-state index contributed by atoms with van der Waals surface area (Å²) in [5, 5.41) is 0.966. The molecule has 1 spiro atoms. The summed E-state index contributed by atoms with van der Waals surface area (Å²) < 4.78 is 15.7. The van der Waals surface area contributed by atoms with Gasteiger partial charge >= 0.3 is 0 Å². The van der Waals surface area contributed by atoms with E-state index >= 15 is 0 Å². The predicted octanol–water partition coefficient (Wildman–Crippen LogP) is 4.50. The van der Waals surface area contributed by atoms with Crippen molar-refractivity contribution in [1.29, 1.82) is 0 Å². The van der Waals surface area contributed by atoms with Crippen molar-refractivity contribution in [3.05, 3.63) is 71.7 Å². The smallest absolute Gasteiger partial charge is 0.256 e. The van der Waals surface area contributed by atoms with Gasteiger partial charge in [-0.15, -0.1) is 0 Å². The van der Waals surface area contributed by atoms with Crippen LogP contribution in [0.3, 0.4) is 0 Å². The van der Waals surface area contributed by atoms with Gasteiger partial charge in [0.1, 0.15) is 5.82 Å². The monoisotopic (exact) mass is 445 g/mol. The molecule has 0 saturated carbocycles. The van der Waals surface area contributed by atoms with E-state index in [1.807, 2.05) is 57.9 Å². The topological polar surface area (TPSA) is 45.6 Å². The van der Waals surface area contributed by atoms with Gasteiger partial charge in [0.05, 0.1) is 11.0 Å². The number of amides is 2. The lowest BCUT2D eigenvalue weighted by atomic mass is 9.68. The van der Waals surface area contributed by atoms with Crippen LogP contribution in [0.2, 0.25) is 0 Å². The second kappa shape index (κ2) is 7.44. The van der Waals surface area contributed by atoms with E-state index in [0.29, 0.717) is 13.1 Å². The minimum absolute atomic E-state index is 0.0474. The molecular weight excluding hydrogens is 417 g/mol. The van der Waals surface area contributed by atoms with E-state index in [-0.39, 0.29) is 29.7 Å².